The van der Waals surface area contributed by atoms with Gasteiger partial charge < -0.3 is 19.4 Å². The van der Waals surface area contributed by atoms with E-state index in [4.69, 9.17) is 14.7 Å². The number of likely N-dealkylation sites (N-methyl/N-ethyl adjacent to an activating group) is 1. The molecule has 3 fully saturated rings. The molecule has 6 rings (SSSR count). The lowest BCUT2D eigenvalue weighted by Gasteiger charge is -2.43. The number of nitrogens with one attached hydrogen (secondary N) is 1. The number of hydrogen-bond acceptors (Lipinski definition) is 9. The van der Waals surface area contributed by atoms with Crippen LogP contribution in [0, 0.1) is 17.1 Å². The van der Waals surface area contributed by atoms with Crippen LogP contribution in [-0.4, -0.2) is 95.1 Å². The van der Waals surface area contributed by atoms with Crippen LogP contribution < -0.4 is 19.9 Å². The molecule has 4 aliphatic rings. The fraction of sp³-hybridized carbons (Fsp3) is 0.484. The van der Waals surface area contributed by atoms with Gasteiger partial charge in [0.1, 0.15) is 23.8 Å². The standard InChI is InChI=1S/C31H35FN8O4/c1-3-26(41)39-16-15-38(18-20(39)11-13-33)27-22-10-12-31(28(42)36-30(43)40(31)25-9-5-4-8-23(25)32)17-24(22)34-29(35-27)44-19-21-7-6-14-37(21)2/h3-5,8-9,20-21H,1,6-7,10-12,14-19H2,2H3,(H,36,42,43). The smallest absolute Gasteiger partial charge is 0.329 e. The number of nitriles is 1. The third-order valence-electron chi connectivity index (χ3n) is 9.31. The second kappa shape index (κ2) is 11.8. The molecule has 1 aliphatic carbocycles. The Morgan fingerprint density at radius 3 is 2.80 bits per heavy atom. The molecule has 230 valence electrons. The Kier molecular flexibility index (Phi) is 7.94. The number of rotatable bonds is 7. The van der Waals surface area contributed by atoms with Crippen LogP contribution in [0.1, 0.15) is 36.9 Å². The van der Waals surface area contributed by atoms with Crippen LogP contribution in [0.15, 0.2) is 36.9 Å². The lowest BCUT2D eigenvalue weighted by Crippen LogP contribution is -2.56. The number of imide groups is 1. The van der Waals surface area contributed by atoms with E-state index in [2.05, 4.69) is 29.9 Å². The summed E-state index contributed by atoms with van der Waals surface area (Å²) in [7, 11) is 2.05. The zero-order valence-electron chi connectivity index (χ0n) is 24.7. The van der Waals surface area contributed by atoms with Gasteiger partial charge in [-0.3, -0.25) is 19.8 Å². The molecule has 0 bridgehead atoms. The molecule has 13 heteroatoms. The van der Waals surface area contributed by atoms with Crippen LogP contribution in [0.4, 0.5) is 20.7 Å². The summed E-state index contributed by atoms with van der Waals surface area (Å²) in [6, 6.07) is 7.41. The topological polar surface area (TPSA) is 135 Å². The van der Waals surface area contributed by atoms with E-state index >= 15 is 0 Å². The predicted molar refractivity (Wildman–Crippen MR) is 158 cm³/mol. The van der Waals surface area contributed by atoms with Crippen molar-refractivity contribution in [1.29, 1.82) is 5.26 Å². The molecule has 12 nitrogen and oxygen atoms in total. The van der Waals surface area contributed by atoms with Crippen LogP contribution in [0.25, 0.3) is 0 Å². The van der Waals surface area contributed by atoms with Gasteiger partial charge in [-0.2, -0.15) is 15.2 Å². The lowest BCUT2D eigenvalue weighted by atomic mass is 9.78. The number of amides is 4. The summed E-state index contributed by atoms with van der Waals surface area (Å²) in [5.74, 6) is -0.717. The second-order valence-corrected chi connectivity index (χ2v) is 11.8. The molecule has 0 radical (unpaired) electrons. The molecule has 0 saturated carbocycles. The monoisotopic (exact) mass is 602 g/mol. The number of hydrogen-bond donors (Lipinski definition) is 1. The third kappa shape index (κ3) is 5.13. The number of urea groups is 1. The van der Waals surface area contributed by atoms with Gasteiger partial charge in [-0.25, -0.2) is 9.18 Å². The van der Waals surface area contributed by atoms with Crippen LogP contribution in [-0.2, 0) is 22.4 Å². The van der Waals surface area contributed by atoms with Gasteiger partial charge in [0.05, 0.1) is 29.9 Å². The molecule has 3 saturated heterocycles. The quantitative estimate of drug-likeness (QED) is 0.374. The number of nitrogens with zero attached hydrogens (tertiary/aromatic N) is 7. The number of ether oxygens (including phenoxy) is 1. The Bertz CT molecular complexity index is 1550. The summed E-state index contributed by atoms with van der Waals surface area (Å²) in [5, 5.41) is 11.9. The van der Waals surface area contributed by atoms with E-state index in [1.807, 2.05) is 4.90 Å². The number of carbonyl (C=O) groups excluding carboxylic acids is 3. The minimum absolute atomic E-state index is 0.0247. The van der Waals surface area contributed by atoms with E-state index < -0.39 is 23.3 Å². The number of benzene rings is 1. The van der Waals surface area contributed by atoms with Crippen molar-refractivity contribution in [3.63, 3.8) is 0 Å². The predicted octanol–water partition coefficient (Wildman–Crippen LogP) is 2.19. The average Bonchev–Trinajstić information content (AvgIpc) is 3.53. The Hall–Kier alpha value is -4.57. The summed E-state index contributed by atoms with van der Waals surface area (Å²) in [4.78, 5) is 55.8. The zero-order valence-corrected chi connectivity index (χ0v) is 24.7. The number of piperazine rings is 1. The van der Waals surface area contributed by atoms with Gasteiger partial charge >= 0.3 is 12.0 Å². The first kappa shape index (κ1) is 29.5. The molecule has 1 spiro atoms. The maximum absolute atomic E-state index is 15.0. The van der Waals surface area contributed by atoms with Gasteiger partial charge in [0.15, 0.2) is 0 Å². The summed E-state index contributed by atoms with van der Waals surface area (Å²) in [6.45, 7) is 6.18. The first-order valence-corrected chi connectivity index (χ1v) is 14.9. The van der Waals surface area contributed by atoms with Crippen molar-refractivity contribution in [2.75, 3.05) is 49.6 Å². The Morgan fingerprint density at radius 1 is 1.25 bits per heavy atom. The SMILES string of the molecule is C=CC(=O)N1CCN(c2nc(OCC3CCCN3C)nc3c2CCC2(C3)C(=O)NC(=O)N2c2ccccc2F)CC1CC#N. The maximum atomic E-state index is 15.0. The molecular weight excluding hydrogens is 567 g/mol. The molecule has 4 heterocycles. The molecule has 3 atom stereocenters. The largest absolute Gasteiger partial charge is 0.462 e. The molecule has 1 aromatic carbocycles. The van der Waals surface area contributed by atoms with Crippen LogP contribution in [0.3, 0.4) is 0 Å². The van der Waals surface area contributed by atoms with E-state index in [0.29, 0.717) is 44.2 Å². The van der Waals surface area contributed by atoms with E-state index in [9.17, 15) is 24.0 Å². The summed E-state index contributed by atoms with van der Waals surface area (Å²) in [6.07, 6.45) is 4.08. The van der Waals surface area contributed by atoms with Crippen molar-refractivity contribution in [2.24, 2.45) is 0 Å². The normalized spacial score (nSPS) is 25.2. The van der Waals surface area contributed by atoms with Crippen molar-refractivity contribution >= 4 is 29.4 Å². The number of carbonyl (C=O) groups is 3. The van der Waals surface area contributed by atoms with Crippen molar-refractivity contribution in [1.82, 2.24) is 25.1 Å². The summed E-state index contributed by atoms with van der Waals surface area (Å²) >= 11 is 0. The molecule has 4 amide bonds. The van der Waals surface area contributed by atoms with E-state index in [0.717, 1.165) is 24.9 Å². The van der Waals surface area contributed by atoms with E-state index in [-0.39, 0.29) is 49.0 Å². The second-order valence-electron chi connectivity index (χ2n) is 11.8. The van der Waals surface area contributed by atoms with Gasteiger partial charge in [0.25, 0.3) is 5.91 Å². The number of fused-ring (bicyclic) bond motifs is 1. The highest BCUT2D eigenvalue weighted by molar-refractivity contribution is 6.17. The van der Waals surface area contributed by atoms with E-state index in [1.165, 1.54) is 29.2 Å². The Morgan fingerprint density at radius 2 is 2.07 bits per heavy atom. The van der Waals surface area contributed by atoms with Crippen LogP contribution in [0.2, 0.25) is 0 Å². The van der Waals surface area contributed by atoms with Gasteiger partial charge in [0.2, 0.25) is 5.91 Å². The fourth-order valence-electron chi connectivity index (χ4n) is 6.94. The first-order valence-electron chi connectivity index (χ1n) is 14.9. The molecule has 1 aromatic heterocycles. The van der Waals surface area contributed by atoms with Crippen molar-refractivity contribution in [3.05, 3.63) is 54.0 Å². The Labute approximate surface area is 255 Å². The van der Waals surface area contributed by atoms with Crippen molar-refractivity contribution in [2.45, 2.75) is 56.1 Å². The molecule has 3 unspecified atom stereocenters. The van der Waals surface area contributed by atoms with Gasteiger partial charge in [-0.05, 0) is 57.5 Å². The zero-order chi connectivity index (χ0) is 31.0. The highest BCUT2D eigenvalue weighted by atomic mass is 19.1. The first-order chi connectivity index (χ1) is 21.3. The lowest BCUT2D eigenvalue weighted by molar-refractivity contribution is -0.128. The highest BCUT2D eigenvalue weighted by Gasteiger charge is 2.56. The summed E-state index contributed by atoms with van der Waals surface area (Å²) in [5.41, 5.74) is 0.000304. The number of para-hydroxylation sites is 1. The average molecular weight is 603 g/mol. The van der Waals surface area contributed by atoms with Crippen LogP contribution in [0.5, 0.6) is 6.01 Å². The number of anilines is 2. The fourth-order valence-corrected chi connectivity index (χ4v) is 6.94. The van der Waals surface area contributed by atoms with Gasteiger partial charge in [-0.15, -0.1) is 0 Å². The molecule has 1 N–H and O–H groups in total. The van der Waals surface area contributed by atoms with E-state index in [1.54, 1.807) is 11.0 Å². The number of aromatic nitrogens is 2. The third-order valence-corrected chi connectivity index (χ3v) is 9.31. The molecule has 2 aromatic rings. The van der Waals surface area contributed by atoms with Crippen molar-refractivity contribution < 1.29 is 23.5 Å². The maximum Gasteiger partial charge on any atom is 0.329 e. The highest BCUT2D eigenvalue weighted by Crippen LogP contribution is 2.42. The number of halogens is 1. The Balaban J connectivity index is 1.38. The number of likely N-dealkylation sites (tertiary alicyclic amines) is 1. The van der Waals surface area contributed by atoms with Gasteiger partial charge in [-0.1, -0.05) is 18.7 Å². The molecule has 3 aliphatic heterocycles. The minimum atomic E-state index is -1.38. The molecular formula is C31H35FN8O4. The minimum Gasteiger partial charge on any atom is -0.462 e. The molecule has 44 heavy (non-hydrogen) atoms. The van der Waals surface area contributed by atoms with Gasteiger partial charge in [0, 0.05) is 37.7 Å². The van der Waals surface area contributed by atoms with Crippen molar-refractivity contribution in [3.8, 4) is 12.1 Å². The van der Waals surface area contributed by atoms with Crippen LogP contribution >= 0.6 is 0 Å². The summed E-state index contributed by atoms with van der Waals surface area (Å²) < 4.78 is 21.2.